The van der Waals surface area contributed by atoms with Crippen LogP contribution >= 0.6 is 0 Å². The topological polar surface area (TPSA) is 156 Å². The highest BCUT2D eigenvalue weighted by atomic mass is 16.5. The van der Waals surface area contributed by atoms with Crippen LogP contribution in [0.2, 0.25) is 0 Å². The number of nitrogens with one attached hydrogen (secondary N) is 3. The van der Waals surface area contributed by atoms with Crippen LogP contribution < -0.4 is 16.0 Å². The van der Waals surface area contributed by atoms with Crippen molar-refractivity contribution in [2.24, 2.45) is 5.92 Å². The van der Waals surface area contributed by atoms with Crippen molar-refractivity contribution in [3.05, 3.63) is 36.0 Å². The Morgan fingerprint density at radius 3 is 2.45 bits per heavy atom. The van der Waals surface area contributed by atoms with Crippen LogP contribution in [0.5, 0.6) is 0 Å². The van der Waals surface area contributed by atoms with E-state index in [1.165, 1.54) is 7.11 Å². The number of piperidine rings is 1. The van der Waals surface area contributed by atoms with E-state index in [1.54, 1.807) is 27.8 Å². The molecule has 12 heteroatoms. The lowest BCUT2D eigenvalue weighted by Crippen LogP contribution is -2.62. The van der Waals surface area contributed by atoms with Crippen LogP contribution in [0.4, 0.5) is 0 Å². The van der Waals surface area contributed by atoms with Gasteiger partial charge in [0.25, 0.3) is 0 Å². The number of carbonyl (C=O) groups excluding carboxylic acids is 6. The monoisotopic (exact) mass is 651 g/mol. The number of ether oxygens (including phenoxy) is 1. The van der Waals surface area contributed by atoms with E-state index in [0.717, 1.165) is 12.8 Å². The Balaban J connectivity index is 1.75. The summed E-state index contributed by atoms with van der Waals surface area (Å²) in [6.07, 6.45) is 7.42. The number of carbonyl (C=O) groups is 6. The van der Waals surface area contributed by atoms with Gasteiger partial charge < -0.3 is 30.2 Å². The van der Waals surface area contributed by atoms with Gasteiger partial charge in [-0.1, -0.05) is 58.2 Å². The van der Waals surface area contributed by atoms with E-state index in [1.807, 2.05) is 32.9 Å². The second-order valence-electron chi connectivity index (χ2n) is 12.7. The van der Waals surface area contributed by atoms with Crippen molar-refractivity contribution < 1.29 is 33.5 Å². The Bertz CT molecular complexity index is 1470. The number of amides is 4. The number of aromatic nitrogens is 1. The fourth-order valence-electron chi connectivity index (χ4n) is 6.49. The summed E-state index contributed by atoms with van der Waals surface area (Å²) in [5.41, 5.74) is 1.11. The number of hydrogen-bond acceptors (Lipinski definition) is 7. The van der Waals surface area contributed by atoms with Crippen molar-refractivity contribution >= 4 is 46.3 Å². The van der Waals surface area contributed by atoms with Gasteiger partial charge in [-0.2, -0.15) is 0 Å². The molecule has 5 atom stereocenters. The molecular formula is C35H49N5O7. The third-order valence-corrected chi connectivity index (χ3v) is 9.55. The number of methoxy groups -OCH3 is 1. The molecule has 2 aromatic rings. The molecule has 0 bridgehead atoms. The first-order valence-electron chi connectivity index (χ1n) is 17.0. The molecule has 2 saturated heterocycles. The van der Waals surface area contributed by atoms with Crippen LogP contribution in [0, 0.1) is 5.92 Å². The van der Waals surface area contributed by atoms with Crippen LogP contribution in [0.3, 0.4) is 0 Å². The quantitative estimate of drug-likeness (QED) is 0.235. The molecule has 256 valence electrons. The number of fused-ring (bicyclic) bond motifs is 2. The summed E-state index contributed by atoms with van der Waals surface area (Å²) >= 11 is 0. The zero-order chi connectivity index (χ0) is 34.1. The van der Waals surface area contributed by atoms with Gasteiger partial charge >= 0.3 is 5.97 Å². The molecule has 0 spiro atoms. The van der Waals surface area contributed by atoms with Crippen molar-refractivity contribution in [1.29, 1.82) is 0 Å². The SMILES string of the molecule is CCC(=O)CCCCCC1NC(=O)C2CCCCN2C(=O)C(C(C)CC)NC(=O)C(c2cn(CC(=O)OC)c3ccccc23)NC1=O. The molecule has 0 aliphatic carbocycles. The molecule has 3 heterocycles. The number of esters is 1. The normalized spacial score (nSPS) is 23.1. The summed E-state index contributed by atoms with van der Waals surface area (Å²) < 4.78 is 6.55. The van der Waals surface area contributed by atoms with Crippen LogP contribution in [-0.4, -0.2) is 76.6 Å². The number of ketones is 1. The fourth-order valence-corrected chi connectivity index (χ4v) is 6.49. The second-order valence-corrected chi connectivity index (χ2v) is 12.7. The standard InChI is InChI=1S/C35H49N5O7/c1-5-22(3)30-35(46)40-19-13-12-18-28(40)33(44)36-26(16-9-7-8-14-23(41)6-2)32(43)38-31(34(45)37-30)25-20-39(21-29(42)47-4)27-17-11-10-15-24(25)27/h10-11,15,17,20,22,26,28,30-31H,5-9,12-14,16,18-19,21H2,1-4H3,(H,36,44)(H,37,45)(H,38,43). The Hall–Kier alpha value is -4.22. The molecule has 2 aliphatic rings. The molecular weight excluding hydrogens is 602 g/mol. The second kappa shape index (κ2) is 16.6. The van der Waals surface area contributed by atoms with Crippen molar-refractivity contribution in [2.75, 3.05) is 13.7 Å². The summed E-state index contributed by atoms with van der Waals surface area (Å²) in [5.74, 6) is -2.34. The maximum absolute atomic E-state index is 14.3. The first-order chi connectivity index (χ1) is 22.6. The highest BCUT2D eigenvalue weighted by molar-refractivity contribution is 6.00. The zero-order valence-electron chi connectivity index (χ0n) is 28.0. The first kappa shape index (κ1) is 35.6. The van der Waals surface area contributed by atoms with Gasteiger partial charge in [0, 0.05) is 42.0 Å². The molecule has 47 heavy (non-hydrogen) atoms. The van der Waals surface area contributed by atoms with Gasteiger partial charge in [0.1, 0.15) is 36.5 Å². The van der Waals surface area contributed by atoms with E-state index in [2.05, 4.69) is 16.0 Å². The van der Waals surface area contributed by atoms with E-state index < -0.39 is 42.0 Å². The van der Waals surface area contributed by atoms with Gasteiger partial charge in [-0.15, -0.1) is 0 Å². The minimum Gasteiger partial charge on any atom is -0.468 e. The predicted molar refractivity (Wildman–Crippen MR) is 176 cm³/mol. The number of unbranched alkanes of at least 4 members (excludes halogenated alkanes) is 2. The zero-order valence-corrected chi connectivity index (χ0v) is 28.0. The summed E-state index contributed by atoms with van der Waals surface area (Å²) in [6, 6.07) is 3.37. The maximum Gasteiger partial charge on any atom is 0.325 e. The predicted octanol–water partition coefficient (Wildman–Crippen LogP) is 3.31. The van der Waals surface area contributed by atoms with Gasteiger partial charge in [0.05, 0.1) is 7.11 Å². The fraction of sp³-hybridized carbons (Fsp3) is 0.600. The maximum atomic E-state index is 14.3. The molecule has 5 unspecified atom stereocenters. The average Bonchev–Trinajstić information content (AvgIpc) is 3.44. The highest BCUT2D eigenvalue weighted by Crippen LogP contribution is 2.29. The smallest absolute Gasteiger partial charge is 0.325 e. The molecule has 1 aromatic carbocycles. The number of para-hydroxylation sites is 1. The van der Waals surface area contributed by atoms with E-state index in [0.29, 0.717) is 74.4 Å². The lowest BCUT2D eigenvalue weighted by molar-refractivity contribution is -0.147. The van der Waals surface area contributed by atoms with Gasteiger partial charge in [0.2, 0.25) is 23.6 Å². The summed E-state index contributed by atoms with van der Waals surface area (Å²) in [6.45, 7) is 5.92. The third kappa shape index (κ3) is 8.58. The van der Waals surface area contributed by atoms with E-state index in [4.69, 9.17) is 4.74 Å². The van der Waals surface area contributed by atoms with Gasteiger partial charge in [-0.3, -0.25) is 28.8 Å². The van der Waals surface area contributed by atoms with Crippen LogP contribution in [0.25, 0.3) is 10.9 Å². The first-order valence-corrected chi connectivity index (χ1v) is 17.0. The Kier molecular flexibility index (Phi) is 12.6. The van der Waals surface area contributed by atoms with Crippen molar-refractivity contribution in [3.63, 3.8) is 0 Å². The number of hydrogen-bond donors (Lipinski definition) is 3. The molecule has 3 N–H and O–H groups in total. The summed E-state index contributed by atoms with van der Waals surface area (Å²) in [5, 5.41) is 9.43. The Morgan fingerprint density at radius 1 is 0.957 bits per heavy atom. The van der Waals surface area contributed by atoms with Crippen LogP contribution in [-0.2, 0) is 40.0 Å². The lowest BCUT2D eigenvalue weighted by atomic mass is 9.93. The van der Waals surface area contributed by atoms with E-state index in [-0.39, 0.29) is 30.1 Å². The molecule has 12 nitrogen and oxygen atoms in total. The van der Waals surface area contributed by atoms with Crippen molar-refractivity contribution in [1.82, 2.24) is 25.4 Å². The minimum atomic E-state index is -1.23. The molecule has 1 aromatic heterocycles. The molecule has 0 radical (unpaired) electrons. The molecule has 2 aliphatic heterocycles. The van der Waals surface area contributed by atoms with Gasteiger partial charge in [-0.05, 0) is 44.1 Å². The molecule has 0 saturated carbocycles. The Labute approximate surface area is 276 Å². The molecule has 2 fully saturated rings. The third-order valence-electron chi connectivity index (χ3n) is 9.55. The highest BCUT2D eigenvalue weighted by Gasteiger charge is 2.41. The molecule has 4 rings (SSSR count). The average molecular weight is 652 g/mol. The van der Waals surface area contributed by atoms with E-state index >= 15 is 0 Å². The van der Waals surface area contributed by atoms with Crippen molar-refractivity contribution in [2.45, 2.75) is 116 Å². The minimum absolute atomic E-state index is 0.108. The van der Waals surface area contributed by atoms with Crippen LogP contribution in [0.15, 0.2) is 30.5 Å². The molecule has 4 amide bonds. The summed E-state index contributed by atoms with van der Waals surface area (Å²) in [7, 11) is 1.30. The number of nitrogens with zero attached hydrogens (tertiary/aromatic N) is 2. The van der Waals surface area contributed by atoms with Crippen LogP contribution in [0.1, 0.15) is 96.6 Å². The summed E-state index contributed by atoms with van der Waals surface area (Å²) in [4.78, 5) is 81.9. The van der Waals surface area contributed by atoms with Gasteiger partial charge in [-0.25, -0.2) is 0 Å². The van der Waals surface area contributed by atoms with Crippen molar-refractivity contribution in [3.8, 4) is 0 Å². The Morgan fingerprint density at radius 2 is 1.72 bits per heavy atom. The lowest BCUT2D eigenvalue weighted by Gasteiger charge is -2.39. The number of Topliss-reactive ketones (excluding diaryl/α,β-unsaturated/α-hetero) is 1. The number of benzene rings is 1. The van der Waals surface area contributed by atoms with Gasteiger partial charge in [0.15, 0.2) is 0 Å². The van der Waals surface area contributed by atoms with E-state index in [9.17, 15) is 28.8 Å². The number of rotatable bonds is 12. The largest absolute Gasteiger partial charge is 0.468 e.